The Labute approximate surface area is 97.9 Å². The molecule has 0 aromatic carbocycles. The molecule has 0 atom stereocenters. The van der Waals surface area contributed by atoms with Gasteiger partial charge in [-0.05, 0) is 24.8 Å². The van der Waals surface area contributed by atoms with E-state index in [-0.39, 0.29) is 6.61 Å². The second-order valence-corrected chi connectivity index (χ2v) is 4.65. The average Bonchev–Trinajstić information content (AvgIpc) is 3.00. The molecule has 1 fully saturated rings. The highest BCUT2D eigenvalue weighted by Gasteiger charge is 2.24. The number of aromatic nitrogens is 3. The van der Waals surface area contributed by atoms with Crippen LogP contribution in [0, 0.1) is 5.92 Å². The van der Waals surface area contributed by atoms with Crippen LogP contribution in [0.3, 0.4) is 0 Å². The number of fused-ring (bicyclic) bond motifs is 1. The number of hydrogen-bond acceptors (Lipinski definition) is 3. The zero-order chi connectivity index (χ0) is 11.1. The van der Waals surface area contributed by atoms with Crippen LogP contribution in [0.15, 0.2) is 12.3 Å². The maximum absolute atomic E-state index is 9.10. The number of nitrogens with zero attached hydrogens (tertiary/aromatic N) is 3. The number of aliphatic hydroxyl groups excluding tert-OH is 1. The zero-order valence-electron chi connectivity index (χ0n) is 8.73. The summed E-state index contributed by atoms with van der Waals surface area (Å²) in [7, 11) is 0. The first-order valence-corrected chi connectivity index (χ1v) is 5.79. The molecule has 0 saturated heterocycles. The van der Waals surface area contributed by atoms with Crippen molar-refractivity contribution in [1.82, 2.24) is 14.6 Å². The largest absolute Gasteiger partial charge is 0.392 e. The molecule has 2 heterocycles. The van der Waals surface area contributed by atoms with Gasteiger partial charge in [-0.25, -0.2) is 0 Å². The number of hydrogen-bond donors (Lipinski definition) is 1. The highest BCUT2D eigenvalue weighted by Crippen LogP contribution is 2.32. The summed E-state index contributed by atoms with van der Waals surface area (Å²) in [5.41, 5.74) is 1.34. The molecule has 1 aliphatic carbocycles. The molecule has 0 amide bonds. The van der Waals surface area contributed by atoms with Crippen molar-refractivity contribution < 1.29 is 5.11 Å². The molecule has 0 unspecified atom stereocenters. The number of rotatable bonds is 3. The molecule has 2 aromatic heterocycles. The molecule has 0 radical (unpaired) electrons. The Balaban J connectivity index is 2.09. The Morgan fingerprint density at radius 3 is 2.94 bits per heavy atom. The van der Waals surface area contributed by atoms with Crippen molar-refractivity contribution in [3.8, 4) is 0 Å². The molecule has 3 rings (SSSR count). The lowest BCUT2D eigenvalue weighted by Crippen LogP contribution is -1.97. The Hall–Kier alpha value is -1.13. The fourth-order valence-corrected chi connectivity index (χ4v) is 2.10. The smallest absolute Gasteiger partial charge is 0.179 e. The first-order chi connectivity index (χ1) is 7.79. The quantitative estimate of drug-likeness (QED) is 0.886. The minimum Gasteiger partial charge on any atom is -0.392 e. The zero-order valence-corrected chi connectivity index (χ0v) is 9.48. The maximum atomic E-state index is 9.10. The van der Waals surface area contributed by atoms with Crippen LogP contribution in [0.25, 0.3) is 5.65 Å². The first kappa shape index (κ1) is 10.1. The van der Waals surface area contributed by atoms with Crippen molar-refractivity contribution >= 4 is 17.2 Å². The third-order valence-corrected chi connectivity index (χ3v) is 3.42. The van der Waals surface area contributed by atoms with E-state index < -0.39 is 0 Å². The van der Waals surface area contributed by atoms with Crippen molar-refractivity contribution in [2.45, 2.75) is 25.9 Å². The van der Waals surface area contributed by atoms with Gasteiger partial charge in [-0.2, -0.15) is 0 Å². The van der Waals surface area contributed by atoms with Crippen LogP contribution in [0.1, 0.15) is 24.2 Å². The highest BCUT2D eigenvalue weighted by atomic mass is 35.5. The van der Waals surface area contributed by atoms with E-state index in [9.17, 15) is 0 Å². The van der Waals surface area contributed by atoms with E-state index in [1.165, 1.54) is 12.8 Å². The van der Waals surface area contributed by atoms with Crippen LogP contribution in [0.2, 0.25) is 5.02 Å². The van der Waals surface area contributed by atoms with Crippen LogP contribution < -0.4 is 0 Å². The van der Waals surface area contributed by atoms with Crippen molar-refractivity contribution in [1.29, 1.82) is 0 Å². The van der Waals surface area contributed by atoms with Crippen molar-refractivity contribution in [3.05, 3.63) is 28.7 Å². The van der Waals surface area contributed by atoms with E-state index in [1.54, 1.807) is 0 Å². The first-order valence-electron chi connectivity index (χ1n) is 5.41. The number of halogens is 1. The Morgan fingerprint density at radius 2 is 2.25 bits per heavy atom. The normalized spacial score (nSPS) is 15.9. The highest BCUT2D eigenvalue weighted by molar-refractivity contribution is 6.34. The SMILES string of the molecule is OCc1ccn2c(CC3CC3)nnc2c1Cl. The van der Waals surface area contributed by atoms with Gasteiger partial charge in [0, 0.05) is 18.2 Å². The summed E-state index contributed by atoms with van der Waals surface area (Å²) in [5.74, 6) is 1.73. The van der Waals surface area contributed by atoms with E-state index in [1.807, 2.05) is 16.7 Å². The molecule has 0 aliphatic heterocycles. The van der Waals surface area contributed by atoms with Gasteiger partial charge in [0.25, 0.3) is 0 Å². The molecule has 0 bridgehead atoms. The van der Waals surface area contributed by atoms with Gasteiger partial charge < -0.3 is 5.11 Å². The Morgan fingerprint density at radius 1 is 1.44 bits per heavy atom. The lowest BCUT2D eigenvalue weighted by Gasteiger charge is -2.03. The average molecular weight is 238 g/mol. The van der Waals surface area contributed by atoms with Crippen molar-refractivity contribution in [3.63, 3.8) is 0 Å². The van der Waals surface area contributed by atoms with E-state index in [0.717, 1.165) is 18.2 Å². The third-order valence-electron chi connectivity index (χ3n) is 3.01. The summed E-state index contributed by atoms with van der Waals surface area (Å²) in [6, 6.07) is 1.81. The summed E-state index contributed by atoms with van der Waals surface area (Å²) < 4.78 is 1.92. The molecular formula is C11H12ClN3O. The van der Waals surface area contributed by atoms with Gasteiger partial charge in [0.05, 0.1) is 11.6 Å². The van der Waals surface area contributed by atoms with Crippen LogP contribution in [-0.2, 0) is 13.0 Å². The van der Waals surface area contributed by atoms with E-state index in [4.69, 9.17) is 16.7 Å². The predicted octanol–water partition coefficient (Wildman–Crippen LogP) is 1.83. The standard InChI is InChI=1S/C11H12ClN3O/c12-10-8(6-16)3-4-15-9(5-7-1-2-7)13-14-11(10)15/h3-4,7,16H,1-2,5-6H2. The van der Waals surface area contributed by atoms with Gasteiger partial charge in [-0.15, -0.1) is 10.2 Å². The topological polar surface area (TPSA) is 50.4 Å². The molecule has 4 nitrogen and oxygen atoms in total. The van der Waals surface area contributed by atoms with Gasteiger partial charge in [0.15, 0.2) is 5.65 Å². The molecule has 0 spiro atoms. The number of aliphatic hydroxyl groups is 1. The van der Waals surface area contributed by atoms with Gasteiger partial charge in [-0.3, -0.25) is 4.40 Å². The van der Waals surface area contributed by atoms with Crippen molar-refractivity contribution in [2.75, 3.05) is 0 Å². The van der Waals surface area contributed by atoms with Gasteiger partial charge >= 0.3 is 0 Å². The van der Waals surface area contributed by atoms with E-state index in [0.29, 0.717) is 16.2 Å². The maximum Gasteiger partial charge on any atom is 0.179 e. The molecular weight excluding hydrogens is 226 g/mol. The lowest BCUT2D eigenvalue weighted by atomic mass is 10.2. The second-order valence-electron chi connectivity index (χ2n) is 4.27. The molecule has 84 valence electrons. The molecule has 5 heteroatoms. The summed E-state index contributed by atoms with van der Waals surface area (Å²) in [6.07, 6.45) is 5.43. The van der Waals surface area contributed by atoms with Gasteiger partial charge in [-0.1, -0.05) is 11.6 Å². The van der Waals surface area contributed by atoms with E-state index >= 15 is 0 Å². The molecule has 16 heavy (non-hydrogen) atoms. The molecule has 1 saturated carbocycles. The monoisotopic (exact) mass is 237 g/mol. The van der Waals surface area contributed by atoms with Crippen LogP contribution in [0.4, 0.5) is 0 Å². The fourth-order valence-electron chi connectivity index (χ4n) is 1.85. The Kier molecular flexibility index (Phi) is 2.33. The van der Waals surface area contributed by atoms with Crippen LogP contribution in [-0.4, -0.2) is 19.7 Å². The van der Waals surface area contributed by atoms with E-state index in [2.05, 4.69) is 10.2 Å². The lowest BCUT2D eigenvalue weighted by molar-refractivity contribution is 0.282. The van der Waals surface area contributed by atoms with Crippen LogP contribution >= 0.6 is 11.6 Å². The summed E-state index contributed by atoms with van der Waals surface area (Å²) in [5, 5.41) is 17.8. The summed E-state index contributed by atoms with van der Waals surface area (Å²) >= 11 is 6.12. The minimum absolute atomic E-state index is 0.0693. The third kappa shape index (κ3) is 1.58. The predicted molar refractivity (Wildman–Crippen MR) is 60.3 cm³/mol. The van der Waals surface area contributed by atoms with Crippen molar-refractivity contribution in [2.24, 2.45) is 5.92 Å². The summed E-state index contributed by atoms with van der Waals surface area (Å²) in [4.78, 5) is 0. The number of pyridine rings is 1. The fraction of sp³-hybridized carbons (Fsp3) is 0.455. The molecule has 1 N–H and O–H groups in total. The molecule has 2 aromatic rings. The summed E-state index contributed by atoms with van der Waals surface area (Å²) in [6.45, 7) is -0.0693. The Bertz CT molecular complexity index is 533. The van der Waals surface area contributed by atoms with Gasteiger partial charge in [0.2, 0.25) is 0 Å². The molecule has 1 aliphatic rings. The van der Waals surface area contributed by atoms with Crippen LogP contribution in [0.5, 0.6) is 0 Å². The minimum atomic E-state index is -0.0693. The second kappa shape index (κ2) is 3.71. The van der Waals surface area contributed by atoms with Gasteiger partial charge in [0.1, 0.15) is 5.82 Å².